The molecule has 5 heteroatoms. The van der Waals surface area contributed by atoms with E-state index in [-0.39, 0.29) is 0 Å². The Morgan fingerprint density at radius 2 is 1.75 bits per heavy atom. The molecule has 0 N–H and O–H groups in total. The largest absolute Gasteiger partial charge is 0.344 e. The molecular weight excluding hydrogens is 268 g/mol. The molecule has 20 heavy (non-hydrogen) atoms. The number of likely N-dealkylation sites (N-methyl/N-ethyl adjacent to an activating group) is 1. The second-order valence-electron chi connectivity index (χ2n) is 5.71. The minimum absolute atomic E-state index is 0.692. The van der Waals surface area contributed by atoms with Gasteiger partial charge in [-0.15, -0.1) is 10.2 Å². The summed E-state index contributed by atoms with van der Waals surface area (Å²) in [7, 11) is 2.26. The van der Waals surface area contributed by atoms with Crippen molar-refractivity contribution in [1.82, 2.24) is 15.1 Å². The lowest BCUT2D eigenvalue weighted by Crippen LogP contribution is -2.52. The number of piperazine rings is 1. The van der Waals surface area contributed by atoms with Gasteiger partial charge in [-0.3, -0.25) is 4.90 Å². The average Bonchev–Trinajstić information content (AvgIpc) is 3.03. The van der Waals surface area contributed by atoms with E-state index in [4.69, 9.17) is 0 Å². The predicted molar refractivity (Wildman–Crippen MR) is 82.1 cm³/mol. The van der Waals surface area contributed by atoms with Gasteiger partial charge in [-0.1, -0.05) is 41.7 Å². The fourth-order valence-corrected chi connectivity index (χ4v) is 4.18. The van der Waals surface area contributed by atoms with Gasteiger partial charge in [0.15, 0.2) is 0 Å². The van der Waals surface area contributed by atoms with E-state index < -0.39 is 0 Å². The van der Waals surface area contributed by atoms with Crippen molar-refractivity contribution in [3.8, 4) is 10.6 Å². The molecule has 0 aliphatic carbocycles. The number of fused-ring (bicyclic) bond motifs is 2. The zero-order valence-electron chi connectivity index (χ0n) is 11.6. The highest BCUT2D eigenvalue weighted by molar-refractivity contribution is 7.18. The molecule has 0 radical (unpaired) electrons. The van der Waals surface area contributed by atoms with Gasteiger partial charge in [0, 0.05) is 30.7 Å². The molecule has 2 saturated heterocycles. The van der Waals surface area contributed by atoms with Crippen LogP contribution in [0.25, 0.3) is 10.6 Å². The van der Waals surface area contributed by atoms with Gasteiger partial charge in [-0.05, 0) is 19.9 Å². The molecule has 4 nitrogen and oxygen atoms in total. The normalized spacial score (nSPS) is 26.1. The topological polar surface area (TPSA) is 32.3 Å². The third-order valence-corrected chi connectivity index (χ3v) is 5.59. The van der Waals surface area contributed by atoms with Crippen molar-refractivity contribution >= 4 is 16.5 Å². The van der Waals surface area contributed by atoms with E-state index in [2.05, 4.69) is 39.2 Å². The molecule has 1 aromatic carbocycles. The summed E-state index contributed by atoms with van der Waals surface area (Å²) in [4.78, 5) is 4.96. The standard InChI is InChI=1S/C15H18N4S/c1-18-12-7-8-13(18)10-19(9-12)15-17-16-14(20-15)11-5-3-2-4-6-11/h2-6,12-13H,7-10H2,1H3. The summed E-state index contributed by atoms with van der Waals surface area (Å²) in [6.45, 7) is 2.19. The van der Waals surface area contributed by atoms with Crippen LogP contribution in [0.15, 0.2) is 30.3 Å². The van der Waals surface area contributed by atoms with E-state index in [9.17, 15) is 0 Å². The Hall–Kier alpha value is -1.46. The highest BCUT2D eigenvalue weighted by Gasteiger charge is 2.38. The Kier molecular flexibility index (Phi) is 2.97. The highest BCUT2D eigenvalue weighted by Crippen LogP contribution is 2.34. The molecule has 2 aliphatic rings. The van der Waals surface area contributed by atoms with Gasteiger partial charge in [0.05, 0.1) is 0 Å². The van der Waals surface area contributed by atoms with E-state index >= 15 is 0 Å². The SMILES string of the molecule is CN1C2CCC1CN(c1nnc(-c3ccccc3)s1)C2. The van der Waals surface area contributed by atoms with Crippen LogP contribution in [0.3, 0.4) is 0 Å². The first-order chi connectivity index (χ1) is 9.81. The summed E-state index contributed by atoms with van der Waals surface area (Å²) < 4.78 is 0. The number of hydrogen-bond donors (Lipinski definition) is 0. The van der Waals surface area contributed by atoms with Crippen LogP contribution in [-0.4, -0.2) is 47.3 Å². The third kappa shape index (κ3) is 2.01. The molecule has 0 spiro atoms. The first-order valence-corrected chi connectivity index (χ1v) is 7.99. The van der Waals surface area contributed by atoms with Gasteiger partial charge in [0.25, 0.3) is 0 Å². The molecule has 1 aromatic heterocycles. The van der Waals surface area contributed by atoms with Gasteiger partial charge in [-0.2, -0.15) is 0 Å². The van der Waals surface area contributed by atoms with Crippen molar-refractivity contribution in [3.05, 3.63) is 30.3 Å². The molecule has 2 unspecified atom stereocenters. The van der Waals surface area contributed by atoms with Crippen molar-refractivity contribution in [2.45, 2.75) is 24.9 Å². The van der Waals surface area contributed by atoms with Gasteiger partial charge >= 0.3 is 0 Å². The Balaban J connectivity index is 1.57. The van der Waals surface area contributed by atoms with Crippen LogP contribution in [0.2, 0.25) is 0 Å². The van der Waals surface area contributed by atoms with Gasteiger partial charge < -0.3 is 4.90 Å². The second-order valence-corrected chi connectivity index (χ2v) is 6.67. The predicted octanol–water partition coefficient (Wildman–Crippen LogP) is 2.49. The Labute approximate surface area is 123 Å². The van der Waals surface area contributed by atoms with E-state index in [1.165, 1.54) is 12.8 Å². The van der Waals surface area contributed by atoms with Crippen LogP contribution >= 0.6 is 11.3 Å². The zero-order valence-corrected chi connectivity index (χ0v) is 12.4. The van der Waals surface area contributed by atoms with Gasteiger partial charge in [0.1, 0.15) is 5.01 Å². The minimum Gasteiger partial charge on any atom is -0.344 e. The fraction of sp³-hybridized carbons (Fsp3) is 0.467. The fourth-order valence-electron chi connectivity index (χ4n) is 3.31. The maximum Gasteiger partial charge on any atom is 0.208 e. The number of anilines is 1. The Bertz CT molecular complexity index is 583. The van der Waals surface area contributed by atoms with E-state index in [1.54, 1.807) is 11.3 Å². The van der Waals surface area contributed by atoms with E-state index in [0.29, 0.717) is 12.1 Å². The molecule has 2 fully saturated rings. The van der Waals surface area contributed by atoms with Gasteiger partial charge in [-0.25, -0.2) is 0 Å². The molecule has 2 aliphatic heterocycles. The summed E-state index contributed by atoms with van der Waals surface area (Å²) in [6, 6.07) is 11.7. The third-order valence-electron chi connectivity index (χ3n) is 4.55. The second kappa shape index (κ2) is 4.82. The molecule has 4 rings (SSSR count). The van der Waals surface area contributed by atoms with Crippen LogP contribution in [0.4, 0.5) is 5.13 Å². The summed E-state index contributed by atoms with van der Waals surface area (Å²) in [6.07, 6.45) is 2.64. The van der Waals surface area contributed by atoms with Crippen molar-refractivity contribution in [2.75, 3.05) is 25.0 Å². The zero-order chi connectivity index (χ0) is 13.5. The lowest BCUT2D eigenvalue weighted by atomic mass is 10.2. The van der Waals surface area contributed by atoms with Gasteiger partial charge in [0.2, 0.25) is 5.13 Å². The smallest absolute Gasteiger partial charge is 0.208 e. The molecular formula is C15H18N4S. The maximum atomic E-state index is 4.41. The van der Waals surface area contributed by atoms with E-state index in [0.717, 1.165) is 28.8 Å². The molecule has 0 saturated carbocycles. The molecule has 0 amide bonds. The van der Waals surface area contributed by atoms with Crippen LogP contribution in [-0.2, 0) is 0 Å². The number of hydrogen-bond acceptors (Lipinski definition) is 5. The number of aromatic nitrogens is 2. The lowest BCUT2D eigenvalue weighted by molar-refractivity contribution is 0.212. The minimum atomic E-state index is 0.692. The molecule has 3 heterocycles. The molecule has 2 bridgehead atoms. The van der Waals surface area contributed by atoms with Crippen LogP contribution in [0.5, 0.6) is 0 Å². The number of nitrogens with zero attached hydrogens (tertiary/aromatic N) is 4. The first kappa shape index (κ1) is 12.3. The first-order valence-electron chi connectivity index (χ1n) is 7.17. The number of benzene rings is 1. The molecule has 2 aromatic rings. The monoisotopic (exact) mass is 286 g/mol. The summed E-state index contributed by atoms with van der Waals surface area (Å²) >= 11 is 1.71. The van der Waals surface area contributed by atoms with Crippen molar-refractivity contribution < 1.29 is 0 Å². The molecule has 104 valence electrons. The highest BCUT2D eigenvalue weighted by atomic mass is 32.1. The quantitative estimate of drug-likeness (QED) is 0.849. The number of rotatable bonds is 2. The maximum absolute atomic E-state index is 4.41. The Morgan fingerprint density at radius 3 is 2.45 bits per heavy atom. The molecule has 2 atom stereocenters. The Morgan fingerprint density at radius 1 is 1.05 bits per heavy atom. The summed E-state index contributed by atoms with van der Waals surface area (Å²) in [5.41, 5.74) is 1.16. The average molecular weight is 286 g/mol. The van der Waals surface area contributed by atoms with Crippen molar-refractivity contribution in [1.29, 1.82) is 0 Å². The van der Waals surface area contributed by atoms with Crippen molar-refractivity contribution in [3.63, 3.8) is 0 Å². The van der Waals surface area contributed by atoms with Crippen LogP contribution in [0.1, 0.15) is 12.8 Å². The van der Waals surface area contributed by atoms with Crippen LogP contribution < -0.4 is 4.90 Å². The lowest BCUT2D eigenvalue weighted by Gasteiger charge is -2.38. The summed E-state index contributed by atoms with van der Waals surface area (Å²) in [5, 5.41) is 10.9. The van der Waals surface area contributed by atoms with Crippen LogP contribution in [0, 0.1) is 0 Å². The van der Waals surface area contributed by atoms with Crippen molar-refractivity contribution in [2.24, 2.45) is 0 Å². The van der Waals surface area contributed by atoms with E-state index in [1.807, 2.05) is 18.2 Å². The summed E-state index contributed by atoms with van der Waals surface area (Å²) in [5.74, 6) is 0.